The number of rotatable bonds is 3. The van der Waals surface area contributed by atoms with Crippen molar-refractivity contribution in [1.29, 1.82) is 0 Å². The second-order valence-corrected chi connectivity index (χ2v) is 5.25. The van der Waals surface area contributed by atoms with Crippen molar-refractivity contribution in [3.8, 4) is 11.8 Å². The van der Waals surface area contributed by atoms with E-state index >= 15 is 0 Å². The molecule has 0 aromatic carbocycles. The fourth-order valence-corrected chi connectivity index (χ4v) is 2.31. The minimum atomic E-state index is -0.252. The third-order valence-electron chi connectivity index (χ3n) is 2.44. The van der Waals surface area contributed by atoms with Gasteiger partial charge in [-0.1, -0.05) is 11.8 Å². The summed E-state index contributed by atoms with van der Waals surface area (Å²) in [7, 11) is 0. The summed E-state index contributed by atoms with van der Waals surface area (Å²) >= 11 is 1.55. The Morgan fingerprint density at radius 3 is 3.05 bits per heavy atom. The maximum absolute atomic E-state index is 12.1. The fraction of sp³-hybridized carbons (Fsp3) is 0.214. The van der Waals surface area contributed by atoms with E-state index in [1.807, 2.05) is 6.92 Å². The first-order chi connectivity index (χ1) is 9.70. The molecule has 1 amide bonds. The predicted molar refractivity (Wildman–Crippen MR) is 78.2 cm³/mol. The van der Waals surface area contributed by atoms with Gasteiger partial charge in [0.1, 0.15) is 5.69 Å². The van der Waals surface area contributed by atoms with Gasteiger partial charge in [0.25, 0.3) is 5.91 Å². The Labute approximate surface area is 121 Å². The predicted octanol–water partition coefficient (Wildman–Crippen LogP) is 1.09. The van der Waals surface area contributed by atoms with E-state index in [-0.39, 0.29) is 12.5 Å². The number of aryl methyl sites for hydroxylation is 1. The number of carbonyl (C=O) groups excluding carboxylic acids is 1. The maximum atomic E-state index is 12.1. The summed E-state index contributed by atoms with van der Waals surface area (Å²) in [5, 5.41) is 3.79. The number of hydrogen-bond acceptors (Lipinski definition) is 5. The molecule has 2 aromatic heterocycles. The van der Waals surface area contributed by atoms with E-state index < -0.39 is 0 Å². The molecule has 5 nitrogen and oxygen atoms in total. The highest BCUT2D eigenvalue weighted by molar-refractivity contribution is 7.11. The van der Waals surface area contributed by atoms with Crippen LogP contribution in [-0.4, -0.2) is 22.4 Å². The summed E-state index contributed by atoms with van der Waals surface area (Å²) in [6, 6.07) is 3.49. The van der Waals surface area contributed by atoms with Crippen molar-refractivity contribution in [3.05, 3.63) is 45.7 Å². The lowest BCUT2D eigenvalue weighted by Gasteiger charge is -2.04. The number of pyridine rings is 1. The molecule has 20 heavy (non-hydrogen) atoms. The molecule has 0 unspecified atom stereocenters. The number of carbonyl (C=O) groups is 1. The molecule has 0 radical (unpaired) electrons. The molecule has 2 aromatic rings. The second kappa shape index (κ2) is 6.80. The zero-order valence-electron chi connectivity index (χ0n) is 11.0. The van der Waals surface area contributed by atoms with Gasteiger partial charge in [-0.05, 0) is 19.1 Å². The zero-order valence-corrected chi connectivity index (χ0v) is 11.8. The first-order valence-electron chi connectivity index (χ1n) is 6.04. The molecule has 0 aliphatic carbocycles. The maximum Gasteiger partial charge on any atom is 0.271 e. The normalized spacial score (nSPS) is 9.70. The Balaban J connectivity index is 2.09. The van der Waals surface area contributed by atoms with Crippen molar-refractivity contribution in [3.63, 3.8) is 0 Å². The zero-order chi connectivity index (χ0) is 14.4. The van der Waals surface area contributed by atoms with Crippen LogP contribution < -0.4 is 11.1 Å². The van der Waals surface area contributed by atoms with Crippen LogP contribution in [0.3, 0.4) is 0 Å². The first-order valence-corrected chi connectivity index (χ1v) is 6.86. The fourth-order valence-electron chi connectivity index (χ4n) is 1.57. The summed E-state index contributed by atoms with van der Waals surface area (Å²) in [5.41, 5.74) is 6.23. The van der Waals surface area contributed by atoms with Gasteiger partial charge in [0.2, 0.25) is 0 Å². The van der Waals surface area contributed by atoms with Crippen molar-refractivity contribution in [2.75, 3.05) is 6.54 Å². The molecule has 6 heteroatoms. The number of amides is 1. The van der Waals surface area contributed by atoms with Gasteiger partial charge in [-0.3, -0.25) is 4.79 Å². The van der Waals surface area contributed by atoms with Gasteiger partial charge in [-0.2, -0.15) is 0 Å². The van der Waals surface area contributed by atoms with Gasteiger partial charge in [0, 0.05) is 17.3 Å². The minimum Gasteiger partial charge on any atom is -0.346 e. The van der Waals surface area contributed by atoms with Crippen LogP contribution in [0.25, 0.3) is 0 Å². The topological polar surface area (TPSA) is 80.9 Å². The van der Waals surface area contributed by atoms with Crippen molar-refractivity contribution in [2.24, 2.45) is 5.73 Å². The van der Waals surface area contributed by atoms with Gasteiger partial charge in [-0.25, -0.2) is 9.97 Å². The molecule has 0 aliphatic heterocycles. The van der Waals surface area contributed by atoms with Gasteiger partial charge in [0.15, 0.2) is 0 Å². The van der Waals surface area contributed by atoms with Crippen LogP contribution in [0.1, 0.15) is 25.9 Å². The van der Waals surface area contributed by atoms with Crippen LogP contribution in [0.4, 0.5) is 0 Å². The average molecular weight is 286 g/mol. The Morgan fingerprint density at radius 1 is 1.50 bits per heavy atom. The highest BCUT2D eigenvalue weighted by atomic mass is 32.1. The van der Waals surface area contributed by atoms with Gasteiger partial charge >= 0.3 is 0 Å². The minimum absolute atomic E-state index is 0.246. The van der Waals surface area contributed by atoms with E-state index in [0.29, 0.717) is 17.8 Å². The van der Waals surface area contributed by atoms with E-state index in [2.05, 4.69) is 27.1 Å². The number of thiazole rings is 1. The van der Waals surface area contributed by atoms with Crippen LogP contribution in [-0.2, 0) is 6.54 Å². The van der Waals surface area contributed by atoms with Gasteiger partial charge in [0.05, 0.1) is 23.7 Å². The Hall–Kier alpha value is -2.23. The van der Waals surface area contributed by atoms with Crippen molar-refractivity contribution < 1.29 is 4.79 Å². The third-order valence-corrected chi connectivity index (χ3v) is 3.35. The molecule has 0 aliphatic rings. The number of nitrogens with two attached hydrogens (primary N) is 1. The standard InChI is InChI=1S/C14H14N4OS/c1-10-17-8-12(20-10)9-18-14(19)13-11(4-2-6-15)5-3-7-16-13/h3,5,7-8H,6,9,15H2,1H3,(H,18,19). The summed E-state index contributed by atoms with van der Waals surface area (Å²) in [4.78, 5) is 21.3. The number of nitrogens with one attached hydrogen (secondary N) is 1. The molecule has 2 rings (SSSR count). The smallest absolute Gasteiger partial charge is 0.271 e. The molecule has 0 bridgehead atoms. The van der Waals surface area contributed by atoms with Crippen LogP contribution in [0.5, 0.6) is 0 Å². The van der Waals surface area contributed by atoms with Crippen molar-refractivity contribution in [2.45, 2.75) is 13.5 Å². The number of aromatic nitrogens is 2. The summed E-state index contributed by atoms with van der Waals surface area (Å²) in [6.45, 7) is 2.61. The average Bonchev–Trinajstić information content (AvgIpc) is 2.88. The highest BCUT2D eigenvalue weighted by Crippen LogP contribution is 2.11. The monoisotopic (exact) mass is 286 g/mol. The van der Waals surface area contributed by atoms with Gasteiger partial charge < -0.3 is 11.1 Å². The first kappa shape index (κ1) is 14.2. The Morgan fingerprint density at radius 2 is 2.35 bits per heavy atom. The number of hydrogen-bond donors (Lipinski definition) is 2. The lowest BCUT2D eigenvalue weighted by Crippen LogP contribution is -2.24. The highest BCUT2D eigenvalue weighted by Gasteiger charge is 2.11. The summed E-state index contributed by atoms with van der Waals surface area (Å²) in [6.07, 6.45) is 3.33. The largest absolute Gasteiger partial charge is 0.346 e. The van der Waals surface area contributed by atoms with Crippen LogP contribution >= 0.6 is 11.3 Å². The van der Waals surface area contributed by atoms with Crippen molar-refractivity contribution in [1.82, 2.24) is 15.3 Å². The molecule has 0 saturated carbocycles. The molecule has 0 spiro atoms. The SMILES string of the molecule is Cc1ncc(CNC(=O)c2ncccc2C#CCN)s1. The summed E-state index contributed by atoms with van der Waals surface area (Å²) < 4.78 is 0. The lowest BCUT2D eigenvalue weighted by molar-refractivity contribution is 0.0946. The second-order valence-electron chi connectivity index (χ2n) is 3.93. The molecule has 0 atom stereocenters. The van der Waals surface area contributed by atoms with Gasteiger partial charge in [-0.15, -0.1) is 11.3 Å². The Bertz CT molecular complexity index is 669. The molecule has 102 valence electrons. The molecule has 2 heterocycles. The van der Waals surface area contributed by atoms with E-state index in [0.717, 1.165) is 9.88 Å². The summed E-state index contributed by atoms with van der Waals surface area (Å²) in [5.74, 6) is 5.32. The molecule has 0 saturated heterocycles. The molecular formula is C14H14N4OS. The van der Waals surface area contributed by atoms with Crippen molar-refractivity contribution >= 4 is 17.2 Å². The van der Waals surface area contributed by atoms with Crippen LogP contribution in [0.15, 0.2) is 24.5 Å². The lowest BCUT2D eigenvalue weighted by atomic mass is 10.2. The van der Waals surface area contributed by atoms with E-state index in [4.69, 9.17) is 5.73 Å². The molecule has 0 fully saturated rings. The third kappa shape index (κ3) is 3.63. The van der Waals surface area contributed by atoms with E-state index in [9.17, 15) is 4.79 Å². The number of nitrogens with zero attached hydrogens (tertiary/aromatic N) is 2. The van der Waals surface area contributed by atoms with E-state index in [1.54, 1.807) is 35.9 Å². The van der Waals surface area contributed by atoms with Crippen LogP contribution in [0.2, 0.25) is 0 Å². The van der Waals surface area contributed by atoms with Crippen LogP contribution in [0, 0.1) is 18.8 Å². The quantitative estimate of drug-likeness (QED) is 0.828. The molecule has 3 N–H and O–H groups in total. The van der Waals surface area contributed by atoms with E-state index in [1.165, 1.54) is 0 Å². The Kier molecular flexibility index (Phi) is 4.82. The molecular weight excluding hydrogens is 272 g/mol.